The molecule has 0 aliphatic carbocycles. The number of hydrogen-bond donors (Lipinski definition) is 2. The molecule has 0 amide bonds. The molecule has 2 heterocycles. The summed E-state index contributed by atoms with van der Waals surface area (Å²) in [6.45, 7) is 4.26. The molecule has 0 spiro atoms. The van der Waals surface area contributed by atoms with E-state index >= 15 is 0 Å². The molecular weight excluding hydrogens is 220 g/mol. The van der Waals surface area contributed by atoms with Crippen molar-refractivity contribution in [2.75, 3.05) is 0 Å². The Morgan fingerprint density at radius 3 is 2.81 bits per heavy atom. The molecule has 0 aliphatic heterocycles. The van der Waals surface area contributed by atoms with Crippen molar-refractivity contribution in [3.63, 3.8) is 0 Å². The molecule has 3 nitrogen and oxygen atoms in total. The molecule has 0 aromatic carbocycles. The van der Waals surface area contributed by atoms with E-state index < -0.39 is 0 Å². The highest BCUT2D eigenvalue weighted by atomic mass is 32.1. The molecule has 3 N–H and O–H groups in total. The van der Waals surface area contributed by atoms with E-state index in [1.54, 1.807) is 23.9 Å². The van der Waals surface area contributed by atoms with Crippen molar-refractivity contribution < 1.29 is 4.42 Å². The first kappa shape index (κ1) is 11.4. The quantitative estimate of drug-likeness (QED) is 0.634. The van der Waals surface area contributed by atoms with Gasteiger partial charge in [0.15, 0.2) is 0 Å². The summed E-state index contributed by atoms with van der Waals surface area (Å²) in [4.78, 5) is 2.63. The maximum atomic E-state index is 5.61. The molecule has 86 valence electrons. The lowest BCUT2D eigenvalue weighted by molar-refractivity contribution is 0.541. The third kappa shape index (κ3) is 2.35. The van der Waals surface area contributed by atoms with Gasteiger partial charge in [0.2, 0.25) is 0 Å². The van der Waals surface area contributed by atoms with Crippen LogP contribution in [0.15, 0.2) is 29.1 Å². The van der Waals surface area contributed by atoms with E-state index in [0.717, 1.165) is 12.0 Å². The normalized spacial score (nSPS) is 12.9. The Morgan fingerprint density at radius 1 is 1.50 bits per heavy atom. The largest absolute Gasteiger partial charge is 0.472 e. The summed E-state index contributed by atoms with van der Waals surface area (Å²) in [5.74, 6) is 5.61. The smallest absolute Gasteiger partial charge is 0.0935 e. The maximum absolute atomic E-state index is 5.61. The van der Waals surface area contributed by atoms with Crippen LogP contribution in [0.4, 0.5) is 0 Å². The van der Waals surface area contributed by atoms with Gasteiger partial charge < -0.3 is 4.42 Å². The van der Waals surface area contributed by atoms with E-state index in [2.05, 4.69) is 25.3 Å². The van der Waals surface area contributed by atoms with E-state index in [1.165, 1.54) is 15.3 Å². The first-order chi connectivity index (χ1) is 7.70. The zero-order valence-corrected chi connectivity index (χ0v) is 10.3. The fourth-order valence-corrected chi connectivity index (χ4v) is 2.76. The number of aryl methyl sites for hydroxylation is 2. The van der Waals surface area contributed by atoms with Crippen LogP contribution in [0.3, 0.4) is 0 Å². The first-order valence-electron chi connectivity index (χ1n) is 5.25. The van der Waals surface area contributed by atoms with Crippen molar-refractivity contribution in [2.45, 2.75) is 26.3 Å². The van der Waals surface area contributed by atoms with Crippen LogP contribution in [0.1, 0.15) is 26.9 Å². The third-order valence-corrected chi connectivity index (χ3v) is 4.02. The van der Waals surface area contributed by atoms with Gasteiger partial charge in [0, 0.05) is 9.75 Å². The van der Waals surface area contributed by atoms with Crippen LogP contribution in [-0.4, -0.2) is 0 Å². The Labute approximate surface area is 99.2 Å². The molecule has 2 rings (SSSR count). The van der Waals surface area contributed by atoms with Crippen LogP contribution in [0.5, 0.6) is 0 Å². The second-order valence-corrected chi connectivity index (χ2v) is 5.23. The lowest BCUT2D eigenvalue weighted by Crippen LogP contribution is -2.28. The minimum atomic E-state index is 0.162. The number of hydrogen-bond acceptors (Lipinski definition) is 4. The molecule has 4 heteroatoms. The van der Waals surface area contributed by atoms with E-state index in [-0.39, 0.29) is 6.04 Å². The van der Waals surface area contributed by atoms with Crippen molar-refractivity contribution in [3.8, 4) is 0 Å². The van der Waals surface area contributed by atoms with Crippen LogP contribution in [0.2, 0.25) is 0 Å². The molecule has 0 radical (unpaired) electrons. The first-order valence-corrected chi connectivity index (χ1v) is 6.06. The lowest BCUT2D eigenvalue weighted by Gasteiger charge is -2.12. The van der Waals surface area contributed by atoms with E-state index in [1.807, 2.05) is 6.07 Å². The minimum Gasteiger partial charge on any atom is -0.472 e. The number of rotatable bonds is 4. The maximum Gasteiger partial charge on any atom is 0.0935 e. The van der Waals surface area contributed by atoms with E-state index in [9.17, 15) is 0 Å². The van der Waals surface area contributed by atoms with Crippen molar-refractivity contribution >= 4 is 11.3 Å². The number of thiophene rings is 1. The van der Waals surface area contributed by atoms with Gasteiger partial charge in [-0.2, -0.15) is 0 Å². The van der Waals surface area contributed by atoms with Crippen LogP contribution in [0, 0.1) is 13.8 Å². The second-order valence-electron chi connectivity index (χ2n) is 3.94. The minimum absolute atomic E-state index is 0.162. The highest BCUT2D eigenvalue weighted by Gasteiger charge is 2.14. The van der Waals surface area contributed by atoms with Gasteiger partial charge in [0.1, 0.15) is 0 Å². The van der Waals surface area contributed by atoms with Gasteiger partial charge >= 0.3 is 0 Å². The molecule has 1 unspecified atom stereocenters. The average Bonchev–Trinajstić information content (AvgIpc) is 2.86. The van der Waals surface area contributed by atoms with Gasteiger partial charge in [0.05, 0.1) is 18.6 Å². The summed E-state index contributed by atoms with van der Waals surface area (Å²) in [5, 5.41) is 0. The van der Waals surface area contributed by atoms with Gasteiger partial charge in [-0.15, -0.1) is 11.3 Å². The van der Waals surface area contributed by atoms with Gasteiger partial charge in [-0.25, -0.2) is 0 Å². The van der Waals surface area contributed by atoms with Crippen molar-refractivity contribution in [3.05, 3.63) is 45.5 Å². The van der Waals surface area contributed by atoms with Crippen LogP contribution in [-0.2, 0) is 6.42 Å². The summed E-state index contributed by atoms with van der Waals surface area (Å²) in [5.41, 5.74) is 5.35. The highest BCUT2D eigenvalue weighted by Crippen LogP contribution is 2.28. The Balaban J connectivity index is 2.16. The predicted octanol–water partition coefficient (Wildman–Crippen LogP) is 2.71. The fourth-order valence-electron chi connectivity index (χ4n) is 1.66. The molecule has 0 saturated heterocycles. The third-order valence-electron chi connectivity index (χ3n) is 2.75. The average molecular weight is 236 g/mol. The number of nitrogens with two attached hydrogens (primary N) is 1. The van der Waals surface area contributed by atoms with E-state index in [4.69, 9.17) is 10.3 Å². The van der Waals surface area contributed by atoms with Crippen molar-refractivity contribution in [1.29, 1.82) is 0 Å². The van der Waals surface area contributed by atoms with Crippen LogP contribution in [0.25, 0.3) is 0 Å². The molecular formula is C12H16N2OS. The van der Waals surface area contributed by atoms with Gasteiger partial charge in [0.25, 0.3) is 0 Å². The molecule has 1 atom stereocenters. The Kier molecular flexibility index (Phi) is 3.43. The standard InChI is InChI=1S/C12H16N2OS/c1-8-5-12(16-9(8)2)11(14-13)6-10-3-4-15-7-10/h3-5,7,11,14H,6,13H2,1-2H3. The molecule has 2 aromatic rings. The molecule has 0 bridgehead atoms. The Morgan fingerprint density at radius 2 is 2.31 bits per heavy atom. The Hall–Kier alpha value is -1.10. The second kappa shape index (κ2) is 4.82. The van der Waals surface area contributed by atoms with E-state index in [0.29, 0.717) is 0 Å². The van der Waals surface area contributed by atoms with Crippen molar-refractivity contribution in [1.82, 2.24) is 5.43 Å². The summed E-state index contributed by atoms with van der Waals surface area (Å²) in [6.07, 6.45) is 4.30. The summed E-state index contributed by atoms with van der Waals surface area (Å²) in [6, 6.07) is 4.33. The monoisotopic (exact) mass is 236 g/mol. The summed E-state index contributed by atoms with van der Waals surface area (Å²) >= 11 is 1.80. The van der Waals surface area contributed by atoms with Crippen molar-refractivity contribution in [2.24, 2.45) is 5.84 Å². The van der Waals surface area contributed by atoms with Gasteiger partial charge in [-0.1, -0.05) is 0 Å². The molecule has 0 saturated carbocycles. The molecule has 16 heavy (non-hydrogen) atoms. The lowest BCUT2D eigenvalue weighted by atomic mass is 10.1. The SMILES string of the molecule is Cc1cc(C(Cc2ccoc2)NN)sc1C. The number of nitrogens with one attached hydrogen (secondary N) is 1. The topological polar surface area (TPSA) is 51.2 Å². The molecule has 0 aliphatic rings. The molecule has 2 aromatic heterocycles. The highest BCUT2D eigenvalue weighted by molar-refractivity contribution is 7.12. The van der Waals surface area contributed by atoms with Gasteiger partial charge in [-0.05, 0) is 43.5 Å². The zero-order chi connectivity index (χ0) is 11.5. The molecule has 0 fully saturated rings. The predicted molar refractivity (Wildman–Crippen MR) is 66.3 cm³/mol. The zero-order valence-electron chi connectivity index (χ0n) is 9.49. The number of furan rings is 1. The van der Waals surface area contributed by atoms with Gasteiger partial charge in [-0.3, -0.25) is 11.3 Å². The summed E-state index contributed by atoms with van der Waals surface area (Å²) < 4.78 is 5.06. The number of hydrazine groups is 1. The van der Waals surface area contributed by atoms with Crippen LogP contribution >= 0.6 is 11.3 Å². The van der Waals surface area contributed by atoms with Crippen LogP contribution < -0.4 is 11.3 Å². The fraction of sp³-hybridized carbons (Fsp3) is 0.333. The Bertz CT molecular complexity index is 428. The summed E-state index contributed by atoms with van der Waals surface area (Å²) in [7, 11) is 0.